The number of halogens is 1. The van der Waals surface area contributed by atoms with Crippen LogP contribution in [0, 0.1) is 11.9 Å². The van der Waals surface area contributed by atoms with Gasteiger partial charge >= 0.3 is 0 Å². The van der Waals surface area contributed by atoms with Crippen molar-refractivity contribution >= 4 is 0 Å². The molecule has 0 nitrogen and oxygen atoms in total. The van der Waals surface area contributed by atoms with E-state index < -0.39 is 0 Å². The van der Waals surface area contributed by atoms with Crippen molar-refractivity contribution in [3.8, 4) is 0 Å². The molecule has 1 aromatic rings. The summed E-state index contributed by atoms with van der Waals surface area (Å²) in [6.45, 7) is 6.56. The second-order valence-electron chi connectivity index (χ2n) is 5.40. The molecular formula is C18H28F. The largest absolute Gasteiger partial charge is 0.206 e. The van der Waals surface area contributed by atoms with Gasteiger partial charge in [0.1, 0.15) is 5.82 Å². The molecule has 0 heterocycles. The van der Waals surface area contributed by atoms with Crippen LogP contribution in [0.25, 0.3) is 0 Å². The molecule has 0 amide bonds. The van der Waals surface area contributed by atoms with Gasteiger partial charge in [0.15, 0.2) is 0 Å². The molecule has 0 atom stereocenters. The van der Waals surface area contributed by atoms with Gasteiger partial charge in [-0.3, -0.25) is 0 Å². The maximum atomic E-state index is 14.0. The van der Waals surface area contributed by atoms with Crippen molar-refractivity contribution in [1.82, 2.24) is 0 Å². The second-order valence-corrected chi connectivity index (χ2v) is 5.40. The number of benzene rings is 1. The van der Waals surface area contributed by atoms with Crippen molar-refractivity contribution in [2.24, 2.45) is 0 Å². The number of hydrogen-bond donors (Lipinski definition) is 0. The van der Waals surface area contributed by atoms with Gasteiger partial charge in [-0.05, 0) is 61.3 Å². The van der Waals surface area contributed by atoms with E-state index in [0.29, 0.717) is 0 Å². The number of hydrogen-bond acceptors (Lipinski definition) is 0. The molecule has 0 bridgehead atoms. The molecule has 0 aliphatic rings. The van der Waals surface area contributed by atoms with E-state index in [1.807, 2.05) is 6.07 Å². The van der Waals surface area contributed by atoms with E-state index in [-0.39, 0.29) is 5.82 Å². The number of unbranched alkanes of at least 4 members (excludes halogenated alkanes) is 3. The van der Waals surface area contributed by atoms with E-state index in [1.165, 1.54) is 30.4 Å². The lowest BCUT2D eigenvalue weighted by Gasteiger charge is -2.15. The predicted molar refractivity (Wildman–Crippen MR) is 81.1 cm³/mol. The average Bonchev–Trinajstić information content (AvgIpc) is 2.42. The lowest BCUT2D eigenvalue weighted by Crippen LogP contribution is -2.04. The van der Waals surface area contributed by atoms with Crippen molar-refractivity contribution in [2.75, 3.05) is 0 Å². The topological polar surface area (TPSA) is 0 Å². The Labute approximate surface area is 118 Å². The monoisotopic (exact) mass is 263 g/mol. The van der Waals surface area contributed by atoms with Crippen LogP contribution in [-0.2, 0) is 19.3 Å². The molecule has 1 radical (unpaired) electrons. The van der Waals surface area contributed by atoms with Crippen LogP contribution >= 0.6 is 0 Å². The van der Waals surface area contributed by atoms with Crippen LogP contribution < -0.4 is 0 Å². The third-order valence-corrected chi connectivity index (χ3v) is 3.75. The Kier molecular flexibility index (Phi) is 7.78. The highest BCUT2D eigenvalue weighted by Gasteiger charge is 2.13. The standard InChI is InChI=1S/C18H28F/c1-4-7-10-15-13-14-18(19)17(12-9-6-3)16(15)11-8-5-2/h13H,4-12H2,1-3H3. The molecule has 0 fully saturated rings. The summed E-state index contributed by atoms with van der Waals surface area (Å²) in [6, 6.07) is 4.73. The van der Waals surface area contributed by atoms with Crippen molar-refractivity contribution < 1.29 is 4.39 Å². The first-order chi connectivity index (χ1) is 9.24. The van der Waals surface area contributed by atoms with Crippen LogP contribution in [0.15, 0.2) is 6.07 Å². The van der Waals surface area contributed by atoms with Crippen LogP contribution in [0.4, 0.5) is 4.39 Å². The summed E-state index contributed by atoms with van der Waals surface area (Å²) in [4.78, 5) is 0. The zero-order chi connectivity index (χ0) is 14.1. The molecule has 0 aromatic heterocycles. The first-order valence-corrected chi connectivity index (χ1v) is 7.95. The fourth-order valence-electron chi connectivity index (χ4n) is 2.52. The van der Waals surface area contributed by atoms with E-state index in [0.717, 1.165) is 44.1 Å². The Morgan fingerprint density at radius 1 is 0.842 bits per heavy atom. The fourth-order valence-corrected chi connectivity index (χ4v) is 2.52. The Balaban J connectivity index is 3.00. The minimum absolute atomic E-state index is 0.111. The van der Waals surface area contributed by atoms with E-state index in [4.69, 9.17) is 0 Å². The summed E-state index contributed by atoms with van der Waals surface area (Å²) >= 11 is 0. The molecule has 1 rings (SSSR count). The minimum Gasteiger partial charge on any atom is -0.206 e. The maximum Gasteiger partial charge on any atom is 0.134 e. The van der Waals surface area contributed by atoms with E-state index in [1.54, 1.807) is 0 Å². The first-order valence-electron chi connectivity index (χ1n) is 7.95. The van der Waals surface area contributed by atoms with Gasteiger partial charge in [0.2, 0.25) is 0 Å². The Morgan fingerprint density at radius 3 is 1.95 bits per heavy atom. The Bertz CT molecular complexity index is 368. The molecule has 0 saturated carbocycles. The maximum absolute atomic E-state index is 14.0. The van der Waals surface area contributed by atoms with Crippen molar-refractivity contribution in [3.05, 3.63) is 34.6 Å². The van der Waals surface area contributed by atoms with Gasteiger partial charge in [-0.15, -0.1) is 0 Å². The van der Waals surface area contributed by atoms with Crippen LogP contribution in [0.5, 0.6) is 0 Å². The lowest BCUT2D eigenvalue weighted by atomic mass is 9.90. The van der Waals surface area contributed by atoms with Crippen LogP contribution in [0.2, 0.25) is 0 Å². The molecule has 0 N–H and O–H groups in total. The quantitative estimate of drug-likeness (QED) is 0.539. The third kappa shape index (κ3) is 4.97. The number of rotatable bonds is 9. The van der Waals surface area contributed by atoms with Crippen LogP contribution in [0.1, 0.15) is 76.0 Å². The molecule has 19 heavy (non-hydrogen) atoms. The summed E-state index contributed by atoms with van der Waals surface area (Å²) in [7, 11) is 0. The zero-order valence-electron chi connectivity index (χ0n) is 12.8. The van der Waals surface area contributed by atoms with Crippen LogP contribution in [0.3, 0.4) is 0 Å². The van der Waals surface area contributed by atoms with Gasteiger partial charge in [0.05, 0.1) is 0 Å². The van der Waals surface area contributed by atoms with Gasteiger partial charge in [-0.2, -0.15) is 0 Å². The second kappa shape index (κ2) is 9.12. The smallest absolute Gasteiger partial charge is 0.134 e. The molecule has 0 saturated heterocycles. The normalized spacial score (nSPS) is 10.9. The van der Waals surface area contributed by atoms with E-state index >= 15 is 0 Å². The van der Waals surface area contributed by atoms with E-state index in [9.17, 15) is 4.39 Å². The summed E-state index contributed by atoms with van der Waals surface area (Å²) < 4.78 is 14.0. The van der Waals surface area contributed by atoms with Gasteiger partial charge in [-0.1, -0.05) is 40.0 Å². The Hall–Kier alpha value is -0.850. The molecule has 0 aliphatic carbocycles. The van der Waals surface area contributed by atoms with E-state index in [2.05, 4.69) is 26.8 Å². The van der Waals surface area contributed by atoms with Gasteiger partial charge in [0.25, 0.3) is 0 Å². The van der Waals surface area contributed by atoms with Gasteiger partial charge < -0.3 is 0 Å². The fraction of sp³-hybridized carbons (Fsp3) is 0.667. The molecule has 0 unspecified atom stereocenters. The van der Waals surface area contributed by atoms with Crippen molar-refractivity contribution in [3.63, 3.8) is 0 Å². The van der Waals surface area contributed by atoms with Crippen molar-refractivity contribution in [1.29, 1.82) is 0 Å². The molecule has 0 aliphatic heterocycles. The minimum atomic E-state index is -0.111. The van der Waals surface area contributed by atoms with Crippen LogP contribution in [-0.4, -0.2) is 0 Å². The van der Waals surface area contributed by atoms with Crippen molar-refractivity contribution in [2.45, 2.75) is 78.6 Å². The molecule has 1 aromatic carbocycles. The molecule has 1 heteroatoms. The summed E-state index contributed by atoms with van der Waals surface area (Å²) in [5.74, 6) is -0.111. The molecule has 107 valence electrons. The summed E-state index contributed by atoms with van der Waals surface area (Å²) in [5, 5.41) is 0. The molecular weight excluding hydrogens is 235 g/mol. The highest BCUT2D eigenvalue weighted by Crippen LogP contribution is 2.24. The summed E-state index contributed by atoms with van der Waals surface area (Å²) in [6.07, 6.45) is 9.86. The average molecular weight is 263 g/mol. The predicted octanol–water partition coefficient (Wildman–Crippen LogP) is 5.65. The highest BCUT2D eigenvalue weighted by molar-refractivity contribution is 5.36. The number of aryl methyl sites for hydroxylation is 1. The third-order valence-electron chi connectivity index (χ3n) is 3.75. The molecule has 0 spiro atoms. The Morgan fingerprint density at radius 2 is 1.37 bits per heavy atom. The van der Waals surface area contributed by atoms with Gasteiger partial charge in [0, 0.05) is 6.07 Å². The highest BCUT2D eigenvalue weighted by atomic mass is 19.1. The lowest BCUT2D eigenvalue weighted by molar-refractivity contribution is 0.592. The SMILES string of the molecule is CCCCc1c[c]c(F)c(CCCC)c1CCCC. The zero-order valence-corrected chi connectivity index (χ0v) is 12.8. The van der Waals surface area contributed by atoms with Gasteiger partial charge in [-0.25, -0.2) is 4.39 Å². The first kappa shape index (κ1) is 16.2. The summed E-state index contributed by atoms with van der Waals surface area (Å²) in [5.41, 5.74) is 3.58.